The third kappa shape index (κ3) is 3.18. The Bertz CT molecular complexity index is 811. The summed E-state index contributed by atoms with van der Waals surface area (Å²) in [5.41, 5.74) is 3.82. The number of amides is 1. The van der Waals surface area contributed by atoms with Crippen molar-refractivity contribution in [2.45, 2.75) is 52.0 Å². The van der Waals surface area contributed by atoms with E-state index in [1.54, 1.807) is 0 Å². The fourth-order valence-electron chi connectivity index (χ4n) is 4.08. The molecule has 1 atom stereocenters. The van der Waals surface area contributed by atoms with Crippen LogP contribution in [0.2, 0.25) is 0 Å². The predicted octanol–water partition coefficient (Wildman–Crippen LogP) is 3.88. The second-order valence-corrected chi connectivity index (χ2v) is 7.45. The summed E-state index contributed by atoms with van der Waals surface area (Å²) >= 11 is 0. The van der Waals surface area contributed by atoms with Gasteiger partial charge in [-0.3, -0.25) is 4.79 Å². The highest BCUT2D eigenvalue weighted by Crippen LogP contribution is 2.36. The molecule has 2 aliphatic rings. The quantitative estimate of drug-likeness (QED) is 0.825. The molecule has 0 saturated carbocycles. The lowest BCUT2D eigenvalue weighted by Gasteiger charge is -2.24. The van der Waals surface area contributed by atoms with Crippen molar-refractivity contribution in [3.8, 4) is 0 Å². The second kappa shape index (κ2) is 7.06. The molecule has 2 aliphatic heterocycles. The highest BCUT2D eigenvalue weighted by molar-refractivity contribution is 5.93. The maximum Gasteiger partial charge on any atom is 0.272 e. The van der Waals surface area contributed by atoms with Gasteiger partial charge in [-0.15, -0.1) is 0 Å². The van der Waals surface area contributed by atoms with E-state index < -0.39 is 0 Å². The Balaban J connectivity index is 1.67. The van der Waals surface area contributed by atoms with Crippen molar-refractivity contribution in [1.82, 2.24) is 14.9 Å². The van der Waals surface area contributed by atoms with Gasteiger partial charge in [-0.1, -0.05) is 31.0 Å². The monoisotopic (exact) mass is 350 g/mol. The Kier molecular flexibility index (Phi) is 4.62. The SMILES string of the molecule is Cc1cc(C(=O)N2CCCCCC2)nc(N2c3ccccc3CC2C)n1. The first-order chi connectivity index (χ1) is 12.6. The number of rotatable bonds is 2. The van der Waals surface area contributed by atoms with E-state index in [4.69, 9.17) is 4.98 Å². The molecule has 1 amide bonds. The molecule has 0 spiro atoms. The first-order valence-electron chi connectivity index (χ1n) is 9.65. The molecule has 0 radical (unpaired) electrons. The zero-order valence-electron chi connectivity index (χ0n) is 15.6. The van der Waals surface area contributed by atoms with Crippen LogP contribution in [0.25, 0.3) is 0 Å². The third-order valence-electron chi connectivity index (χ3n) is 5.38. The van der Waals surface area contributed by atoms with Crippen LogP contribution in [0.4, 0.5) is 11.6 Å². The molecule has 1 aromatic carbocycles. The normalized spacial score (nSPS) is 20.0. The second-order valence-electron chi connectivity index (χ2n) is 7.45. The molecule has 1 aromatic heterocycles. The van der Waals surface area contributed by atoms with Crippen LogP contribution in [0.5, 0.6) is 0 Å². The lowest BCUT2D eigenvalue weighted by molar-refractivity contribution is 0.0755. The van der Waals surface area contributed by atoms with E-state index in [9.17, 15) is 4.79 Å². The average Bonchev–Trinajstić information content (AvgIpc) is 2.80. The molecule has 3 heterocycles. The van der Waals surface area contributed by atoms with E-state index in [1.807, 2.05) is 24.0 Å². The van der Waals surface area contributed by atoms with Crippen molar-refractivity contribution >= 4 is 17.5 Å². The van der Waals surface area contributed by atoms with Crippen LogP contribution in [-0.4, -0.2) is 39.9 Å². The van der Waals surface area contributed by atoms with E-state index in [0.29, 0.717) is 11.6 Å². The Morgan fingerprint density at radius 1 is 1.08 bits per heavy atom. The molecule has 0 bridgehead atoms. The molecule has 1 fully saturated rings. The molecule has 136 valence electrons. The van der Waals surface area contributed by atoms with Gasteiger partial charge in [0, 0.05) is 30.5 Å². The number of nitrogens with zero attached hydrogens (tertiary/aromatic N) is 4. The number of hydrogen-bond donors (Lipinski definition) is 0. The van der Waals surface area contributed by atoms with Crippen molar-refractivity contribution in [2.75, 3.05) is 18.0 Å². The molecule has 26 heavy (non-hydrogen) atoms. The van der Waals surface area contributed by atoms with Crippen molar-refractivity contribution in [3.63, 3.8) is 0 Å². The predicted molar refractivity (Wildman–Crippen MR) is 103 cm³/mol. The minimum absolute atomic E-state index is 0.0405. The Morgan fingerprint density at radius 3 is 2.58 bits per heavy atom. The maximum atomic E-state index is 13.0. The van der Waals surface area contributed by atoms with Crippen LogP contribution in [0.1, 0.15) is 54.4 Å². The van der Waals surface area contributed by atoms with Crippen LogP contribution in [0, 0.1) is 6.92 Å². The number of aromatic nitrogens is 2. The Hall–Kier alpha value is -2.43. The summed E-state index contributed by atoms with van der Waals surface area (Å²) < 4.78 is 0. The fourth-order valence-corrected chi connectivity index (χ4v) is 4.08. The van der Waals surface area contributed by atoms with Crippen molar-refractivity contribution in [2.24, 2.45) is 0 Å². The number of likely N-dealkylation sites (tertiary alicyclic amines) is 1. The average molecular weight is 350 g/mol. The van der Waals surface area contributed by atoms with Crippen LogP contribution in [-0.2, 0) is 6.42 Å². The molecule has 1 saturated heterocycles. The summed E-state index contributed by atoms with van der Waals surface area (Å²) in [7, 11) is 0. The smallest absolute Gasteiger partial charge is 0.272 e. The number of benzene rings is 1. The van der Waals surface area contributed by atoms with Gasteiger partial charge in [0.2, 0.25) is 5.95 Å². The molecule has 1 unspecified atom stereocenters. The zero-order chi connectivity index (χ0) is 18.1. The van der Waals surface area contributed by atoms with Gasteiger partial charge in [0.15, 0.2) is 0 Å². The molecule has 2 aromatic rings. The van der Waals surface area contributed by atoms with Crippen molar-refractivity contribution < 1.29 is 4.79 Å². The van der Waals surface area contributed by atoms with Crippen molar-refractivity contribution in [1.29, 1.82) is 0 Å². The number of carbonyl (C=O) groups excluding carboxylic acids is 1. The van der Waals surface area contributed by atoms with Gasteiger partial charge in [0.25, 0.3) is 5.91 Å². The minimum atomic E-state index is 0.0405. The number of aryl methyl sites for hydroxylation is 1. The zero-order valence-corrected chi connectivity index (χ0v) is 15.6. The standard InChI is InChI=1S/C21H26N4O/c1-15-13-18(20(26)24-11-7-3-4-8-12-24)23-21(22-15)25-16(2)14-17-9-5-6-10-19(17)25/h5-6,9-10,13,16H,3-4,7-8,11-12,14H2,1-2H3. The molecule has 4 rings (SSSR count). The van der Waals surface area contributed by atoms with Crippen LogP contribution in [0.3, 0.4) is 0 Å². The van der Waals surface area contributed by atoms with Gasteiger partial charge in [-0.05, 0) is 50.8 Å². The third-order valence-corrected chi connectivity index (χ3v) is 5.38. The van der Waals surface area contributed by atoms with Crippen LogP contribution in [0.15, 0.2) is 30.3 Å². The topological polar surface area (TPSA) is 49.3 Å². The van der Waals surface area contributed by atoms with E-state index >= 15 is 0 Å². The van der Waals surface area contributed by atoms with Gasteiger partial charge in [-0.2, -0.15) is 0 Å². The lowest BCUT2D eigenvalue weighted by Crippen LogP contribution is -2.33. The minimum Gasteiger partial charge on any atom is -0.337 e. The van der Waals surface area contributed by atoms with Gasteiger partial charge >= 0.3 is 0 Å². The summed E-state index contributed by atoms with van der Waals surface area (Å²) in [6, 6.07) is 10.5. The first-order valence-corrected chi connectivity index (χ1v) is 9.65. The number of anilines is 2. The summed E-state index contributed by atoms with van der Waals surface area (Å²) in [5.74, 6) is 0.680. The Morgan fingerprint density at radius 2 is 1.81 bits per heavy atom. The van der Waals surface area contributed by atoms with E-state index in [0.717, 1.165) is 43.7 Å². The van der Waals surface area contributed by atoms with Crippen molar-refractivity contribution in [3.05, 3.63) is 47.3 Å². The van der Waals surface area contributed by atoms with Crippen LogP contribution >= 0.6 is 0 Å². The number of para-hydroxylation sites is 1. The van der Waals surface area contributed by atoms with Gasteiger partial charge < -0.3 is 9.80 Å². The molecule has 5 heteroatoms. The first kappa shape index (κ1) is 17.0. The molecular weight excluding hydrogens is 324 g/mol. The number of fused-ring (bicyclic) bond motifs is 1. The van der Waals surface area contributed by atoms with E-state index in [2.05, 4.69) is 35.0 Å². The summed E-state index contributed by atoms with van der Waals surface area (Å²) in [5, 5.41) is 0. The fraction of sp³-hybridized carbons (Fsp3) is 0.476. The largest absolute Gasteiger partial charge is 0.337 e. The summed E-state index contributed by atoms with van der Waals surface area (Å²) in [6.07, 6.45) is 5.56. The number of carbonyl (C=O) groups is 1. The molecule has 5 nitrogen and oxygen atoms in total. The van der Waals surface area contributed by atoms with Gasteiger partial charge in [0.1, 0.15) is 5.69 Å². The maximum absolute atomic E-state index is 13.0. The Labute approximate surface area is 155 Å². The van der Waals surface area contributed by atoms with Gasteiger partial charge in [-0.25, -0.2) is 9.97 Å². The van der Waals surface area contributed by atoms with E-state index in [1.165, 1.54) is 18.4 Å². The molecular formula is C21H26N4O. The number of hydrogen-bond acceptors (Lipinski definition) is 4. The molecule has 0 N–H and O–H groups in total. The lowest BCUT2D eigenvalue weighted by atomic mass is 10.1. The molecule has 0 aliphatic carbocycles. The summed E-state index contributed by atoms with van der Waals surface area (Å²) in [6.45, 7) is 5.79. The highest BCUT2D eigenvalue weighted by Gasteiger charge is 2.30. The van der Waals surface area contributed by atoms with E-state index in [-0.39, 0.29) is 11.9 Å². The highest BCUT2D eigenvalue weighted by atomic mass is 16.2. The van der Waals surface area contributed by atoms with Crippen LogP contribution < -0.4 is 4.90 Å². The summed E-state index contributed by atoms with van der Waals surface area (Å²) in [4.78, 5) is 26.5. The van der Waals surface area contributed by atoms with Gasteiger partial charge in [0.05, 0.1) is 0 Å².